The first-order valence-electron chi connectivity index (χ1n) is 6.99. The molecule has 0 aliphatic heterocycles. The summed E-state index contributed by atoms with van der Waals surface area (Å²) in [7, 11) is 3.66. The Kier molecular flexibility index (Phi) is 4.79. The largest absolute Gasteiger partial charge is 0.497 e. The molecular weight excluding hydrogens is 250 g/mol. The van der Waals surface area contributed by atoms with Crippen LogP contribution >= 0.6 is 0 Å². The van der Waals surface area contributed by atoms with Crippen LogP contribution in [0, 0.1) is 0 Å². The van der Waals surface area contributed by atoms with Crippen LogP contribution in [0.2, 0.25) is 0 Å². The highest BCUT2D eigenvalue weighted by atomic mass is 16.5. The van der Waals surface area contributed by atoms with Crippen LogP contribution < -0.4 is 10.1 Å². The maximum atomic E-state index is 5.19. The van der Waals surface area contributed by atoms with Gasteiger partial charge in [-0.3, -0.25) is 4.68 Å². The van der Waals surface area contributed by atoms with Crippen LogP contribution in [0.15, 0.2) is 36.5 Å². The monoisotopic (exact) mass is 273 g/mol. The second-order valence-electron chi connectivity index (χ2n) is 5.20. The molecule has 0 amide bonds. The highest BCUT2D eigenvalue weighted by molar-refractivity contribution is 5.29. The molecule has 0 bridgehead atoms. The second-order valence-corrected chi connectivity index (χ2v) is 5.20. The number of benzene rings is 1. The molecule has 0 fully saturated rings. The molecule has 0 spiro atoms. The van der Waals surface area contributed by atoms with E-state index in [0.29, 0.717) is 6.04 Å². The Balaban J connectivity index is 2.10. The number of rotatable bonds is 6. The molecule has 2 rings (SSSR count). The summed E-state index contributed by atoms with van der Waals surface area (Å²) in [6, 6.07) is 10.9. The zero-order valence-corrected chi connectivity index (χ0v) is 12.6. The maximum Gasteiger partial charge on any atom is 0.118 e. The van der Waals surface area contributed by atoms with Crippen LogP contribution in [0.25, 0.3) is 0 Å². The molecule has 4 nitrogen and oxygen atoms in total. The SMILES string of the molecule is CNC(Cc1ccn(C(C)C)n1)c1ccc(OC)cc1. The molecule has 1 heterocycles. The van der Waals surface area contributed by atoms with Gasteiger partial charge in [0.1, 0.15) is 5.75 Å². The van der Waals surface area contributed by atoms with E-state index in [1.165, 1.54) is 5.56 Å². The summed E-state index contributed by atoms with van der Waals surface area (Å²) in [4.78, 5) is 0. The van der Waals surface area contributed by atoms with E-state index in [1.54, 1.807) is 7.11 Å². The summed E-state index contributed by atoms with van der Waals surface area (Å²) >= 11 is 0. The fourth-order valence-electron chi connectivity index (χ4n) is 2.21. The molecule has 0 aliphatic rings. The standard InChI is InChI=1S/C16H23N3O/c1-12(2)19-10-9-14(18-19)11-16(17-3)13-5-7-15(20-4)8-6-13/h5-10,12,16-17H,11H2,1-4H3. The third-order valence-electron chi connectivity index (χ3n) is 3.47. The van der Waals surface area contributed by atoms with Gasteiger partial charge in [-0.05, 0) is 44.7 Å². The minimum absolute atomic E-state index is 0.261. The molecule has 20 heavy (non-hydrogen) atoms. The molecule has 0 aliphatic carbocycles. The van der Waals surface area contributed by atoms with Gasteiger partial charge < -0.3 is 10.1 Å². The Bertz CT molecular complexity index is 531. The molecule has 0 saturated carbocycles. The van der Waals surface area contributed by atoms with Crippen LogP contribution in [0.5, 0.6) is 5.75 Å². The molecule has 108 valence electrons. The van der Waals surface area contributed by atoms with E-state index in [-0.39, 0.29) is 6.04 Å². The smallest absolute Gasteiger partial charge is 0.118 e. The lowest BCUT2D eigenvalue weighted by Crippen LogP contribution is -2.19. The number of hydrogen-bond donors (Lipinski definition) is 1. The normalized spacial score (nSPS) is 12.7. The van der Waals surface area contributed by atoms with Crippen molar-refractivity contribution in [2.24, 2.45) is 0 Å². The van der Waals surface area contributed by atoms with Gasteiger partial charge in [0.15, 0.2) is 0 Å². The fraction of sp³-hybridized carbons (Fsp3) is 0.438. The van der Waals surface area contributed by atoms with E-state index in [4.69, 9.17) is 4.74 Å². The van der Waals surface area contributed by atoms with Crippen LogP contribution in [0.1, 0.15) is 37.2 Å². The number of aromatic nitrogens is 2. The van der Waals surface area contributed by atoms with Gasteiger partial charge in [0.25, 0.3) is 0 Å². The zero-order chi connectivity index (χ0) is 14.5. The Morgan fingerprint density at radius 2 is 1.90 bits per heavy atom. The number of ether oxygens (including phenoxy) is 1. The van der Waals surface area contributed by atoms with Crippen molar-refractivity contribution in [3.05, 3.63) is 47.8 Å². The summed E-state index contributed by atoms with van der Waals surface area (Å²) in [5.74, 6) is 0.882. The second kappa shape index (κ2) is 6.57. The van der Waals surface area contributed by atoms with Gasteiger partial charge in [-0.15, -0.1) is 0 Å². The van der Waals surface area contributed by atoms with Gasteiger partial charge in [0.05, 0.1) is 12.8 Å². The molecule has 2 aromatic rings. The molecular formula is C16H23N3O. The Labute approximate surface area is 120 Å². The summed E-state index contributed by atoms with van der Waals surface area (Å²) in [5, 5.41) is 7.96. The van der Waals surface area contributed by atoms with Crippen molar-refractivity contribution in [2.75, 3.05) is 14.2 Å². The number of nitrogens with zero attached hydrogens (tertiary/aromatic N) is 2. The summed E-state index contributed by atoms with van der Waals surface area (Å²) in [6.45, 7) is 4.27. The van der Waals surface area contributed by atoms with Crippen LogP contribution in [0.3, 0.4) is 0 Å². The van der Waals surface area contributed by atoms with Crippen molar-refractivity contribution in [1.29, 1.82) is 0 Å². The predicted molar refractivity (Wildman–Crippen MR) is 81.1 cm³/mol. The highest BCUT2D eigenvalue weighted by Crippen LogP contribution is 2.20. The van der Waals surface area contributed by atoms with Gasteiger partial charge in [-0.25, -0.2) is 0 Å². The molecule has 0 radical (unpaired) electrons. The summed E-state index contributed by atoms with van der Waals surface area (Å²) < 4.78 is 7.19. The molecule has 4 heteroatoms. The molecule has 1 aromatic heterocycles. The van der Waals surface area contributed by atoms with E-state index in [2.05, 4.69) is 42.5 Å². The van der Waals surface area contributed by atoms with Gasteiger partial charge in [-0.2, -0.15) is 5.10 Å². The van der Waals surface area contributed by atoms with E-state index in [1.807, 2.05) is 30.1 Å². The van der Waals surface area contributed by atoms with Crippen molar-refractivity contribution < 1.29 is 4.74 Å². The van der Waals surface area contributed by atoms with Gasteiger partial charge >= 0.3 is 0 Å². The quantitative estimate of drug-likeness (QED) is 0.879. The lowest BCUT2D eigenvalue weighted by atomic mass is 10.0. The van der Waals surface area contributed by atoms with Crippen molar-refractivity contribution in [2.45, 2.75) is 32.4 Å². The van der Waals surface area contributed by atoms with Crippen LogP contribution in [-0.2, 0) is 6.42 Å². The molecule has 1 atom stereocenters. The van der Waals surface area contributed by atoms with Crippen LogP contribution in [-0.4, -0.2) is 23.9 Å². The third kappa shape index (κ3) is 3.39. The number of hydrogen-bond acceptors (Lipinski definition) is 3. The minimum atomic E-state index is 0.261. The topological polar surface area (TPSA) is 39.1 Å². The van der Waals surface area contributed by atoms with E-state index < -0.39 is 0 Å². The fourth-order valence-corrected chi connectivity index (χ4v) is 2.21. The average molecular weight is 273 g/mol. The van der Waals surface area contributed by atoms with Gasteiger partial charge in [0.2, 0.25) is 0 Å². The first-order chi connectivity index (χ1) is 9.63. The van der Waals surface area contributed by atoms with Crippen molar-refractivity contribution in [3.63, 3.8) is 0 Å². The first-order valence-corrected chi connectivity index (χ1v) is 6.99. The lowest BCUT2D eigenvalue weighted by Gasteiger charge is -2.16. The highest BCUT2D eigenvalue weighted by Gasteiger charge is 2.12. The molecule has 1 unspecified atom stereocenters. The minimum Gasteiger partial charge on any atom is -0.497 e. The number of nitrogens with one attached hydrogen (secondary N) is 1. The van der Waals surface area contributed by atoms with Gasteiger partial charge in [-0.1, -0.05) is 12.1 Å². The Hall–Kier alpha value is -1.81. The molecule has 1 N–H and O–H groups in total. The third-order valence-corrected chi connectivity index (χ3v) is 3.47. The molecule has 0 saturated heterocycles. The van der Waals surface area contributed by atoms with E-state index in [0.717, 1.165) is 17.9 Å². The average Bonchev–Trinajstić information content (AvgIpc) is 2.94. The zero-order valence-electron chi connectivity index (χ0n) is 12.6. The van der Waals surface area contributed by atoms with Crippen molar-refractivity contribution in [3.8, 4) is 5.75 Å². The number of methoxy groups -OCH3 is 1. The summed E-state index contributed by atoms with van der Waals surface area (Å²) in [5.41, 5.74) is 2.35. The maximum absolute atomic E-state index is 5.19. The van der Waals surface area contributed by atoms with Crippen molar-refractivity contribution in [1.82, 2.24) is 15.1 Å². The predicted octanol–water partition coefficient (Wildman–Crippen LogP) is 2.98. The Morgan fingerprint density at radius 3 is 2.40 bits per heavy atom. The summed E-state index contributed by atoms with van der Waals surface area (Å²) in [6.07, 6.45) is 2.92. The van der Waals surface area contributed by atoms with Gasteiger partial charge in [0, 0.05) is 24.7 Å². The first kappa shape index (κ1) is 14.6. The lowest BCUT2D eigenvalue weighted by molar-refractivity contribution is 0.414. The van der Waals surface area contributed by atoms with E-state index in [9.17, 15) is 0 Å². The Morgan fingerprint density at radius 1 is 1.20 bits per heavy atom. The van der Waals surface area contributed by atoms with E-state index >= 15 is 0 Å². The van der Waals surface area contributed by atoms with Crippen LogP contribution in [0.4, 0.5) is 0 Å². The molecule has 1 aromatic carbocycles. The number of likely N-dealkylation sites (N-methyl/N-ethyl adjacent to an activating group) is 1. The van der Waals surface area contributed by atoms with Crippen molar-refractivity contribution >= 4 is 0 Å².